The molecule has 2 aromatic heterocycles. The van der Waals surface area contributed by atoms with Crippen LogP contribution in [0.3, 0.4) is 0 Å². The number of alkyl carbamates (subject to hydrolysis) is 1. The number of pyridine rings is 1. The summed E-state index contributed by atoms with van der Waals surface area (Å²) in [4.78, 5) is 29.7. The maximum Gasteiger partial charge on any atom is 0.417 e. The summed E-state index contributed by atoms with van der Waals surface area (Å²) in [5.41, 5.74) is 0.119. The van der Waals surface area contributed by atoms with Gasteiger partial charge in [-0.3, -0.25) is 9.89 Å². The third-order valence-corrected chi connectivity index (χ3v) is 6.88. The Balaban J connectivity index is 1.49. The lowest BCUT2D eigenvalue weighted by Crippen LogP contribution is -2.32. The van der Waals surface area contributed by atoms with E-state index in [0.717, 1.165) is 30.7 Å². The van der Waals surface area contributed by atoms with Crippen LogP contribution in [0.1, 0.15) is 53.3 Å². The number of nitrogens with zero attached hydrogens (tertiary/aromatic N) is 2. The molecule has 0 saturated heterocycles. The normalized spacial score (nSPS) is 20.4. The molecule has 1 fully saturated rings. The molecule has 38 heavy (non-hydrogen) atoms. The molecule has 4 N–H and O–H groups in total. The number of nitrogens with one attached hydrogen (secondary N) is 4. The van der Waals surface area contributed by atoms with Gasteiger partial charge in [0.2, 0.25) is 0 Å². The van der Waals surface area contributed by atoms with Crippen LogP contribution in [-0.4, -0.2) is 46.4 Å². The number of anilines is 2. The molecule has 0 spiro atoms. The maximum atomic E-state index is 13.5. The van der Waals surface area contributed by atoms with E-state index in [-0.39, 0.29) is 41.9 Å². The molecule has 0 radical (unpaired) electrons. The fraction of sp³-hybridized carbons (Fsp3) is 0.360. The number of aromatic amines is 1. The van der Waals surface area contributed by atoms with Crippen LogP contribution in [0.2, 0.25) is 5.02 Å². The van der Waals surface area contributed by atoms with Crippen molar-refractivity contribution in [1.82, 2.24) is 25.8 Å². The summed E-state index contributed by atoms with van der Waals surface area (Å²) >= 11 is 5.78. The van der Waals surface area contributed by atoms with Gasteiger partial charge in [0.1, 0.15) is 17.6 Å². The van der Waals surface area contributed by atoms with Crippen molar-refractivity contribution in [2.75, 3.05) is 18.4 Å². The molecule has 3 heterocycles. The van der Waals surface area contributed by atoms with Crippen molar-refractivity contribution in [2.24, 2.45) is 0 Å². The highest BCUT2D eigenvalue weighted by atomic mass is 35.5. The standard InChI is InChI=1S/C25H24ClF3N6O3/c26-18-6-3-13(11-17(18)25(27,28)29)16-5-7-20-32-21-12-19(34-35-21)14-2-4-15(10-14)38-24(37)31-9-1-8-30-23(36)22(16)33-20/h3,5-7,11-12,14-15H,1-2,4,8-10H2,(H,30,36)(H,31,37)(H2,32,33,34,35)/t14-,15+/m0/s1. The third kappa shape index (κ3) is 5.69. The Morgan fingerprint density at radius 2 is 1.82 bits per heavy atom. The smallest absolute Gasteiger partial charge is 0.417 e. The number of hydrogen-bond acceptors (Lipinski definition) is 6. The van der Waals surface area contributed by atoms with Crippen molar-refractivity contribution in [3.05, 3.63) is 58.4 Å². The van der Waals surface area contributed by atoms with Crippen molar-refractivity contribution in [3.8, 4) is 11.1 Å². The van der Waals surface area contributed by atoms with Crippen LogP contribution in [0, 0.1) is 0 Å². The number of ether oxygens (including phenoxy) is 1. The van der Waals surface area contributed by atoms with Gasteiger partial charge in [-0.1, -0.05) is 17.7 Å². The molecule has 200 valence electrons. The molecular formula is C25H24ClF3N6O3. The number of carbonyl (C=O) groups is 2. The summed E-state index contributed by atoms with van der Waals surface area (Å²) in [6, 6.07) is 8.35. The molecular weight excluding hydrogens is 525 g/mol. The topological polar surface area (TPSA) is 121 Å². The van der Waals surface area contributed by atoms with Crippen LogP contribution in [0.15, 0.2) is 36.4 Å². The minimum absolute atomic E-state index is 0.0756. The first-order valence-corrected chi connectivity index (χ1v) is 12.5. The number of H-pyrrole nitrogens is 1. The predicted octanol–water partition coefficient (Wildman–Crippen LogP) is 5.38. The van der Waals surface area contributed by atoms with Gasteiger partial charge in [-0.15, -0.1) is 0 Å². The maximum absolute atomic E-state index is 13.5. The zero-order chi connectivity index (χ0) is 26.9. The number of hydrogen-bond donors (Lipinski definition) is 4. The van der Waals surface area contributed by atoms with E-state index in [1.165, 1.54) is 12.1 Å². The van der Waals surface area contributed by atoms with Gasteiger partial charge in [0.15, 0.2) is 5.82 Å². The molecule has 3 aromatic rings. The molecule has 9 nitrogen and oxygen atoms in total. The number of aromatic nitrogens is 3. The van der Waals surface area contributed by atoms with Gasteiger partial charge in [-0.05, 0) is 55.5 Å². The second-order valence-corrected chi connectivity index (χ2v) is 9.60. The van der Waals surface area contributed by atoms with E-state index in [2.05, 4.69) is 31.1 Å². The van der Waals surface area contributed by atoms with Gasteiger partial charge in [0.05, 0.1) is 10.6 Å². The summed E-state index contributed by atoms with van der Waals surface area (Å²) in [7, 11) is 0. The lowest BCUT2D eigenvalue weighted by Gasteiger charge is -2.15. The van der Waals surface area contributed by atoms with Crippen LogP contribution in [-0.2, 0) is 10.9 Å². The van der Waals surface area contributed by atoms with E-state index >= 15 is 0 Å². The lowest BCUT2D eigenvalue weighted by atomic mass is 10.0. The Morgan fingerprint density at radius 1 is 1.00 bits per heavy atom. The van der Waals surface area contributed by atoms with Crippen LogP contribution in [0.5, 0.6) is 0 Å². The van der Waals surface area contributed by atoms with Crippen LogP contribution in [0.4, 0.5) is 29.6 Å². The second-order valence-electron chi connectivity index (χ2n) is 9.19. The number of carbonyl (C=O) groups excluding carboxylic acids is 2. The molecule has 6 bridgehead atoms. The van der Waals surface area contributed by atoms with Gasteiger partial charge in [-0.25, -0.2) is 9.78 Å². The Bertz CT molecular complexity index is 1360. The van der Waals surface area contributed by atoms with E-state index in [9.17, 15) is 22.8 Å². The summed E-state index contributed by atoms with van der Waals surface area (Å²) < 4.78 is 46.0. The molecule has 13 heteroatoms. The number of fused-ring (bicyclic) bond motifs is 7. The molecule has 2 atom stereocenters. The van der Waals surface area contributed by atoms with Gasteiger partial charge in [0, 0.05) is 36.3 Å². The highest BCUT2D eigenvalue weighted by molar-refractivity contribution is 6.31. The van der Waals surface area contributed by atoms with Gasteiger partial charge < -0.3 is 20.7 Å². The fourth-order valence-electron chi connectivity index (χ4n) is 4.67. The van der Waals surface area contributed by atoms with Crippen molar-refractivity contribution < 1.29 is 27.5 Å². The third-order valence-electron chi connectivity index (χ3n) is 6.55. The van der Waals surface area contributed by atoms with Crippen LogP contribution < -0.4 is 16.0 Å². The van der Waals surface area contributed by atoms with Gasteiger partial charge >= 0.3 is 12.3 Å². The van der Waals surface area contributed by atoms with Crippen molar-refractivity contribution in [3.63, 3.8) is 0 Å². The van der Waals surface area contributed by atoms with Crippen LogP contribution in [0.25, 0.3) is 11.1 Å². The van der Waals surface area contributed by atoms with Crippen molar-refractivity contribution in [1.29, 1.82) is 0 Å². The van der Waals surface area contributed by atoms with Crippen molar-refractivity contribution in [2.45, 2.75) is 43.9 Å². The Morgan fingerprint density at radius 3 is 2.63 bits per heavy atom. The average molecular weight is 549 g/mol. The zero-order valence-corrected chi connectivity index (χ0v) is 20.7. The molecule has 2 amide bonds. The molecule has 1 saturated carbocycles. The van der Waals surface area contributed by atoms with Crippen LogP contribution >= 0.6 is 11.6 Å². The number of halogens is 4. The second kappa shape index (κ2) is 10.5. The molecule has 1 aromatic carbocycles. The van der Waals surface area contributed by atoms with E-state index < -0.39 is 28.8 Å². The minimum atomic E-state index is -4.67. The number of benzene rings is 1. The minimum Gasteiger partial charge on any atom is -0.446 e. The lowest BCUT2D eigenvalue weighted by molar-refractivity contribution is -0.137. The monoisotopic (exact) mass is 548 g/mol. The first kappa shape index (κ1) is 25.8. The Kier molecular flexibility index (Phi) is 7.15. The largest absolute Gasteiger partial charge is 0.446 e. The quantitative estimate of drug-likeness (QED) is 0.324. The van der Waals surface area contributed by atoms with E-state index in [4.69, 9.17) is 16.3 Å². The zero-order valence-electron chi connectivity index (χ0n) is 20.0. The molecule has 5 rings (SSSR count). The van der Waals surface area contributed by atoms with E-state index in [1.54, 1.807) is 6.07 Å². The van der Waals surface area contributed by atoms with Gasteiger partial charge in [-0.2, -0.15) is 18.3 Å². The highest BCUT2D eigenvalue weighted by Gasteiger charge is 2.34. The summed E-state index contributed by atoms with van der Waals surface area (Å²) in [6.07, 6.45) is -2.73. The first-order chi connectivity index (χ1) is 18.2. The van der Waals surface area contributed by atoms with E-state index in [1.807, 2.05) is 6.07 Å². The first-order valence-electron chi connectivity index (χ1n) is 12.1. The summed E-state index contributed by atoms with van der Waals surface area (Å²) in [6.45, 7) is 0.466. The van der Waals surface area contributed by atoms with E-state index in [0.29, 0.717) is 24.5 Å². The summed E-state index contributed by atoms with van der Waals surface area (Å²) in [5.74, 6) is 0.305. The Hall–Kier alpha value is -3.80. The highest BCUT2D eigenvalue weighted by Crippen LogP contribution is 2.38. The molecule has 0 unspecified atom stereocenters. The SMILES string of the molecule is O=C1NCCCNC(=O)c2nc(ccc2-c2ccc(Cl)c(C(F)(F)F)c2)Nc2cc([nH]n2)[C@H]2CC[C@H](C2)O1. The predicted molar refractivity (Wildman–Crippen MR) is 133 cm³/mol. The molecule has 1 aliphatic heterocycles. The van der Waals surface area contributed by atoms with Crippen molar-refractivity contribution >= 4 is 35.2 Å². The molecule has 1 aliphatic carbocycles. The number of amides is 2. The average Bonchev–Trinajstić information content (AvgIpc) is 3.52. The number of alkyl halides is 3. The fourth-order valence-corrected chi connectivity index (χ4v) is 4.90. The molecule has 2 aliphatic rings. The number of rotatable bonds is 1. The Labute approximate surface area is 220 Å². The van der Waals surface area contributed by atoms with Gasteiger partial charge in [0.25, 0.3) is 5.91 Å². The summed E-state index contributed by atoms with van der Waals surface area (Å²) in [5, 5.41) is 15.3.